The molecule has 0 heterocycles. The maximum atomic E-state index is 11.5. The third kappa shape index (κ3) is 2.35. The molecule has 0 saturated heterocycles. The van der Waals surface area contributed by atoms with Gasteiger partial charge in [0.25, 0.3) is 0 Å². The number of aliphatic carboxylic acids is 1. The fourth-order valence-electron chi connectivity index (χ4n) is 3.24. The standard InChI is InChI=1S/C13H24O2/c1-4-13(5-2,12(14)15)11-8-6-7-10(3)9-11/h10-11H,4-9H2,1-3H3,(H,14,15). The number of carbonyl (C=O) groups is 1. The summed E-state index contributed by atoms with van der Waals surface area (Å²) in [5.41, 5.74) is -0.450. The van der Waals surface area contributed by atoms with E-state index < -0.39 is 11.4 Å². The first-order valence-corrected chi connectivity index (χ1v) is 6.30. The van der Waals surface area contributed by atoms with Gasteiger partial charge < -0.3 is 5.11 Å². The van der Waals surface area contributed by atoms with E-state index >= 15 is 0 Å². The Morgan fingerprint density at radius 2 is 1.93 bits per heavy atom. The molecular formula is C13H24O2. The minimum atomic E-state index is -0.577. The summed E-state index contributed by atoms with van der Waals surface area (Å²) in [5.74, 6) is 0.529. The average Bonchev–Trinajstić information content (AvgIpc) is 2.20. The highest BCUT2D eigenvalue weighted by Gasteiger charge is 2.43. The predicted octanol–water partition coefficient (Wildman–Crippen LogP) is 3.70. The lowest BCUT2D eigenvalue weighted by molar-refractivity contribution is -0.154. The fourth-order valence-corrected chi connectivity index (χ4v) is 3.24. The van der Waals surface area contributed by atoms with Crippen molar-refractivity contribution in [1.82, 2.24) is 0 Å². The monoisotopic (exact) mass is 212 g/mol. The first-order chi connectivity index (χ1) is 7.06. The quantitative estimate of drug-likeness (QED) is 0.771. The lowest BCUT2D eigenvalue weighted by atomic mass is 9.64. The Morgan fingerprint density at radius 3 is 2.33 bits per heavy atom. The van der Waals surface area contributed by atoms with Gasteiger partial charge in [0, 0.05) is 0 Å². The van der Waals surface area contributed by atoms with Crippen LogP contribution in [0.2, 0.25) is 0 Å². The molecule has 2 unspecified atom stereocenters. The summed E-state index contributed by atoms with van der Waals surface area (Å²) >= 11 is 0. The van der Waals surface area contributed by atoms with E-state index in [4.69, 9.17) is 0 Å². The number of rotatable bonds is 4. The van der Waals surface area contributed by atoms with Crippen LogP contribution in [0.25, 0.3) is 0 Å². The minimum Gasteiger partial charge on any atom is -0.481 e. The van der Waals surface area contributed by atoms with Crippen LogP contribution in [0, 0.1) is 17.3 Å². The molecule has 2 heteroatoms. The van der Waals surface area contributed by atoms with Crippen molar-refractivity contribution < 1.29 is 9.90 Å². The molecule has 1 saturated carbocycles. The molecule has 2 nitrogen and oxygen atoms in total. The highest BCUT2D eigenvalue weighted by Crippen LogP contribution is 2.45. The maximum Gasteiger partial charge on any atom is 0.309 e. The van der Waals surface area contributed by atoms with Crippen molar-refractivity contribution in [1.29, 1.82) is 0 Å². The Labute approximate surface area is 93.1 Å². The highest BCUT2D eigenvalue weighted by atomic mass is 16.4. The lowest BCUT2D eigenvalue weighted by Crippen LogP contribution is -2.39. The van der Waals surface area contributed by atoms with Crippen molar-refractivity contribution in [2.75, 3.05) is 0 Å². The van der Waals surface area contributed by atoms with Gasteiger partial charge in [-0.15, -0.1) is 0 Å². The highest BCUT2D eigenvalue weighted by molar-refractivity contribution is 5.75. The Morgan fingerprint density at radius 1 is 1.33 bits per heavy atom. The summed E-state index contributed by atoms with van der Waals surface area (Å²) in [6.07, 6.45) is 6.25. The van der Waals surface area contributed by atoms with Crippen molar-refractivity contribution >= 4 is 5.97 Å². The van der Waals surface area contributed by atoms with Gasteiger partial charge in [0.15, 0.2) is 0 Å². The summed E-state index contributed by atoms with van der Waals surface area (Å²) in [5, 5.41) is 9.46. The van der Waals surface area contributed by atoms with E-state index in [1.807, 2.05) is 13.8 Å². The molecule has 0 aromatic carbocycles. The van der Waals surface area contributed by atoms with Crippen molar-refractivity contribution in [3.8, 4) is 0 Å². The topological polar surface area (TPSA) is 37.3 Å². The zero-order valence-electron chi connectivity index (χ0n) is 10.3. The van der Waals surface area contributed by atoms with E-state index in [1.165, 1.54) is 12.8 Å². The van der Waals surface area contributed by atoms with E-state index in [2.05, 4.69) is 6.92 Å². The van der Waals surface area contributed by atoms with Gasteiger partial charge in [-0.25, -0.2) is 0 Å². The Balaban J connectivity index is 2.83. The van der Waals surface area contributed by atoms with Crippen LogP contribution in [-0.4, -0.2) is 11.1 Å². The second kappa shape index (κ2) is 5.00. The average molecular weight is 212 g/mol. The van der Waals surface area contributed by atoms with Crippen LogP contribution in [-0.2, 0) is 4.79 Å². The Hall–Kier alpha value is -0.530. The summed E-state index contributed by atoms with van der Waals surface area (Å²) < 4.78 is 0. The number of hydrogen-bond acceptors (Lipinski definition) is 1. The molecular weight excluding hydrogens is 188 g/mol. The van der Waals surface area contributed by atoms with Crippen LogP contribution >= 0.6 is 0 Å². The van der Waals surface area contributed by atoms with Crippen molar-refractivity contribution in [2.24, 2.45) is 17.3 Å². The summed E-state index contributed by atoms with van der Waals surface area (Å²) in [7, 11) is 0. The van der Waals surface area contributed by atoms with Crippen LogP contribution < -0.4 is 0 Å². The molecule has 0 aromatic rings. The first-order valence-electron chi connectivity index (χ1n) is 6.30. The molecule has 0 bridgehead atoms. The Kier molecular flexibility index (Phi) is 4.18. The molecule has 1 rings (SSSR count). The molecule has 2 atom stereocenters. The second-order valence-corrected chi connectivity index (χ2v) is 5.14. The summed E-state index contributed by atoms with van der Waals surface area (Å²) in [6, 6.07) is 0. The largest absolute Gasteiger partial charge is 0.481 e. The molecule has 0 amide bonds. The van der Waals surface area contributed by atoms with E-state index in [0.717, 1.165) is 25.7 Å². The van der Waals surface area contributed by atoms with E-state index in [1.54, 1.807) is 0 Å². The first kappa shape index (κ1) is 12.5. The van der Waals surface area contributed by atoms with Crippen molar-refractivity contribution in [3.63, 3.8) is 0 Å². The minimum absolute atomic E-state index is 0.397. The molecule has 0 aliphatic heterocycles. The van der Waals surface area contributed by atoms with Crippen molar-refractivity contribution in [2.45, 2.75) is 59.3 Å². The van der Waals surface area contributed by atoms with Gasteiger partial charge in [-0.1, -0.05) is 33.6 Å². The summed E-state index contributed by atoms with van der Waals surface area (Å²) in [6.45, 7) is 6.30. The van der Waals surface area contributed by atoms with Crippen LogP contribution in [0.1, 0.15) is 59.3 Å². The van der Waals surface area contributed by atoms with Gasteiger partial charge >= 0.3 is 5.97 Å². The maximum absolute atomic E-state index is 11.5. The van der Waals surface area contributed by atoms with Gasteiger partial charge in [0.05, 0.1) is 5.41 Å². The molecule has 88 valence electrons. The predicted molar refractivity (Wildman–Crippen MR) is 61.8 cm³/mol. The van der Waals surface area contributed by atoms with Gasteiger partial charge in [-0.3, -0.25) is 4.79 Å². The molecule has 0 radical (unpaired) electrons. The second-order valence-electron chi connectivity index (χ2n) is 5.14. The molecule has 0 spiro atoms. The summed E-state index contributed by atoms with van der Waals surface area (Å²) in [4.78, 5) is 11.5. The van der Waals surface area contributed by atoms with E-state index in [-0.39, 0.29) is 0 Å². The molecule has 15 heavy (non-hydrogen) atoms. The smallest absolute Gasteiger partial charge is 0.309 e. The van der Waals surface area contributed by atoms with Crippen LogP contribution in [0.15, 0.2) is 0 Å². The van der Waals surface area contributed by atoms with Crippen molar-refractivity contribution in [3.05, 3.63) is 0 Å². The van der Waals surface area contributed by atoms with Crippen LogP contribution in [0.4, 0.5) is 0 Å². The molecule has 1 fully saturated rings. The third-order valence-corrected chi connectivity index (χ3v) is 4.41. The molecule has 1 aliphatic rings. The number of carboxylic acids is 1. The SMILES string of the molecule is CCC(CC)(C(=O)O)C1CCCC(C)C1. The van der Waals surface area contributed by atoms with E-state index in [9.17, 15) is 9.90 Å². The molecule has 1 N–H and O–H groups in total. The van der Waals surface area contributed by atoms with E-state index in [0.29, 0.717) is 11.8 Å². The molecule has 0 aromatic heterocycles. The Bertz CT molecular complexity index is 219. The van der Waals surface area contributed by atoms with Gasteiger partial charge in [0.1, 0.15) is 0 Å². The van der Waals surface area contributed by atoms with Gasteiger partial charge in [-0.2, -0.15) is 0 Å². The van der Waals surface area contributed by atoms with Gasteiger partial charge in [-0.05, 0) is 37.5 Å². The molecule has 1 aliphatic carbocycles. The van der Waals surface area contributed by atoms with Gasteiger partial charge in [0.2, 0.25) is 0 Å². The van der Waals surface area contributed by atoms with Crippen LogP contribution in [0.3, 0.4) is 0 Å². The zero-order valence-corrected chi connectivity index (χ0v) is 10.3. The zero-order chi connectivity index (χ0) is 11.5. The third-order valence-electron chi connectivity index (χ3n) is 4.41. The lowest BCUT2D eigenvalue weighted by Gasteiger charge is -2.40. The fraction of sp³-hybridized carbons (Fsp3) is 0.923. The normalized spacial score (nSPS) is 27.7. The number of carboxylic acid groups (broad SMARTS) is 1. The van der Waals surface area contributed by atoms with Crippen LogP contribution in [0.5, 0.6) is 0 Å². The number of hydrogen-bond donors (Lipinski definition) is 1.